The number of para-hydroxylation sites is 1. The lowest BCUT2D eigenvalue weighted by Gasteiger charge is -2.14. The van der Waals surface area contributed by atoms with Gasteiger partial charge in [-0.25, -0.2) is 4.79 Å². The molecule has 0 radical (unpaired) electrons. The van der Waals surface area contributed by atoms with Crippen molar-refractivity contribution in [1.82, 2.24) is 9.78 Å². The van der Waals surface area contributed by atoms with Gasteiger partial charge in [-0.05, 0) is 30.5 Å². The highest BCUT2D eigenvalue weighted by Crippen LogP contribution is 2.32. The molecule has 3 aromatic rings. The fraction of sp³-hybridized carbons (Fsp3) is 0.304. The summed E-state index contributed by atoms with van der Waals surface area (Å²) in [5.74, 6) is -1.06. The number of aromatic carboxylic acids is 1. The molecule has 0 atom stereocenters. The molecule has 0 bridgehead atoms. The first-order chi connectivity index (χ1) is 16.0. The highest BCUT2D eigenvalue weighted by atomic mass is 32.2. The smallest absolute Gasteiger partial charge is 0.477 e. The topological polar surface area (TPSA) is 101 Å². The molecule has 0 aliphatic rings. The number of aromatic nitrogens is 2. The minimum absolute atomic E-state index is 0.141. The van der Waals surface area contributed by atoms with E-state index in [9.17, 15) is 31.5 Å². The van der Waals surface area contributed by atoms with Gasteiger partial charge in [-0.15, -0.1) is 0 Å². The quantitative estimate of drug-likeness (QED) is 0.432. The molecule has 0 saturated carbocycles. The molecule has 1 heterocycles. The van der Waals surface area contributed by atoms with E-state index in [0.717, 1.165) is 17.7 Å². The molecular weight excluding hydrogens is 471 g/mol. The second-order valence-electron chi connectivity index (χ2n) is 7.62. The van der Waals surface area contributed by atoms with Crippen molar-refractivity contribution in [2.75, 3.05) is 4.72 Å². The molecule has 34 heavy (non-hydrogen) atoms. The summed E-state index contributed by atoms with van der Waals surface area (Å²) in [5.41, 5.74) is -2.59. The summed E-state index contributed by atoms with van der Waals surface area (Å²) in [6.07, 6.45) is 1.75. The van der Waals surface area contributed by atoms with Gasteiger partial charge in [0.1, 0.15) is 5.69 Å². The molecule has 0 aliphatic carbocycles. The lowest BCUT2D eigenvalue weighted by Crippen LogP contribution is -2.30. The molecule has 0 unspecified atom stereocenters. The Bertz CT molecular complexity index is 1280. The number of sulfonamides is 1. The Morgan fingerprint density at radius 3 is 2.29 bits per heavy atom. The van der Waals surface area contributed by atoms with E-state index in [1.165, 1.54) is 22.9 Å². The van der Waals surface area contributed by atoms with Crippen molar-refractivity contribution >= 4 is 21.7 Å². The predicted molar refractivity (Wildman–Crippen MR) is 122 cm³/mol. The fourth-order valence-electron chi connectivity index (χ4n) is 3.67. The first-order valence-corrected chi connectivity index (χ1v) is 12.1. The van der Waals surface area contributed by atoms with Crippen LogP contribution in [0.4, 0.5) is 18.9 Å². The van der Waals surface area contributed by atoms with E-state index in [0.29, 0.717) is 30.5 Å². The van der Waals surface area contributed by atoms with Crippen molar-refractivity contribution in [1.29, 1.82) is 0 Å². The molecule has 0 saturated heterocycles. The molecule has 0 fully saturated rings. The van der Waals surface area contributed by atoms with E-state index in [4.69, 9.17) is 0 Å². The van der Waals surface area contributed by atoms with Crippen LogP contribution in [0.15, 0.2) is 48.5 Å². The minimum Gasteiger partial charge on any atom is -0.477 e. The largest absolute Gasteiger partial charge is 0.516 e. The van der Waals surface area contributed by atoms with Crippen LogP contribution < -0.4 is 4.72 Å². The average Bonchev–Trinajstić information content (AvgIpc) is 3.11. The third-order valence-corrected chi connectivity index (χ3v) is 6.34. The van der Waals surface area contributed by atoms with Crippen molar-refractivity contribution < 1.29 is 31.5 Å². The molecule has 182 valence electrons. The second kappa shape index (κ2) is 9.88. The number of halogens is 3. The number of carbonyl (C=O) groups is 1. The second-order valence-corrected chi connectivity index (χ2v) is 9.29. The maximum absolute atomic E-state index is 12.8. The number of benzene rings is 2. The molecule has 3 rings (SSSR count). The summed E-state index contributed by atoms with van der Waals surface area (Å²) in [4.78, 5) is 11.9. The third-order valence-electron chi connectivity index (χ3n) is 5.24. The van der Waals surface area contributed by atoms with Gasteiger partial charge >= 0.3 is 21.5 Å². The number of aryl methyl sites for hydroxylation is 2. The van der Waals surface area contributed by atoms with Crippen LogP contribution in [0.3, 0.4) is 0 Å². The number of alkyl halides is 3. The van der Waals surface area contributed by atoms with Gasteiger partial charge in [-0.3, -0.25) is 9.40 Å². The van der Waals surface area contributed by atoms with Crippen LogP contribution in [0.1, 0.15) is 47.6 Å². The summed E-state index contributed by atoms with van der Waals surface area (Å²) < 4.78 is 64.7. The monoisotopic (exact) mass is 495 g/mol. The Morgan fingerprint density at radius 1 is 1.09 bits per heavy atom. The fourth-order valence-corrected chi connectivity index (χ4v) is 4.26. The van der Waals surface area contributed by atoms with Gasteiger partial charge in [0, 0.05) is 24.1 Å². The SMILES string of the molecule is CCCc1nn(CC)c(C(=O)O)c1Cc1ccc(-c2ccccc2NS(=O)(=O)C(F)(F)F)cc1. The molecule has 2 aromatic carbocycles. The highest BCUT2D eigenvalue weighted by molar-refractivity contribution is 7.93. The van der Waals surface area contributed by atoms with Gasteiger partial charge in [0.2, 0.25) is 0 Å². The molecule has 2 N–H and O–H groups in total. The number of hydrogen-bond acceptors (Lipinski definition) is 4. The van der Waals surface area contributed by atoms with Crippen molar-refractivity contribution in [3.05, 3.63) is 71.0 Å². The minimum atomic E-state index is -5.57. The summed E-state index contributed by atoms with van der Waals surface area (Å²) >= 11 is 0. The van der Waals surface area contributed by atoms with Gasteiger partial charge in [-0.2, -0.15) is 26.7 Å². The summed E-state index contributed by atoms with van der Waals surface area (Å²) in [5, 5.41) is 14.2. The van der Waals surface area contributed by atoms with Gasteiger partial charge in [0.05, 0.1) is 11.4 Å². The van der Waals surface area contributed by atoms with E-state index in [2.05, 4.69) is 5.10 Å². The first kappa shape index (κ1) is 25.3. The molecule has 0 amide bonds. The van der Waals surface area contributed by atoms with Gasteiger partial charge in [-0.1, -0.05) is 55.8 Å². The number of nitrogens with one attached hydrogen (secondary N) is 1. The summed E-state index contributed by atoms with van der Waals surface area (Å²) in [7, 11) is -5.57. The number of nitrogens with zero attached hydrogens (tertiary/aromatic N) is 2. The van der Waals surface area contributed by atoms with Crippen LogP contribution in [-0.2, 0) is 29.4 Å². The van der Waals surface area contributed by atoms with E-state index in [-0.39, 0.29) is 16.9 Å². The van der Waals surface area contributed by atoms with Crippen LogP contribution in [0, 0.1) is 0 Å². The zero-order chi connectivity index (χ0) is 25.1. The normalized spacial score (nSPS) is 12.0. The van der Waals surface area contributed by atoms with E-state index in [1.54, 1.807) is 35.1 Å². The molecule has 0 aliphatic heterocycles. The van der Waals surface area contributed by atoms with Crippen LogP contribution in [0.2, 0.25) is 0 Å². The Labute approximate surface area is 195 Å². The summed E-state index contributed by atoms with van der Waals surface area (Å²) in [6.45, 7) is 4.22. The lowest BCUT2D eigenvalue weighted by atomic mass is 9.97. The number of carboxylic acids is 1. The zero-order valence-electron chi connectivity index (χ0n) is 18.6. The van der Waals surface area contributed by atoms with Crippen molar-refractivity contribution in [2.24, 2.45) is 0 Å². The highest BCUT2D eigenvalue weighted by Gasteiger charge is 2.46. The lowest BCUT2D eigenvalue weighted by molar-refractivity contribution is -0.0429. The van der Waals surface area contributed by atoms with Crippen molar-refractivity contribution in [3.63, 3.8) is 0 Å². The van der Waals surface area contributed by atoms with E-state index < -0.39 is 21.5 Å². The summed E-state index contributed by atoms with van der Waals surface area (Å²) in [6, 6.07) is 12.5. The molecule has 0 spiro atoms. The van der Waals surface area contributed by atoms with Crippen molar-refractivity contribution in [3.8, 4) is 11.1 Å². The zero-order valence-corrected chi connectivity index (χ0v) is 19.4. The van der Waals surface area contributed by atoms with Crippen molar-refractivity contribution in [2.45, 2.75) is 45.2 Å². The maximum atomic E-state index is 12.8. The molecular formula is C23H24F3N3O4S. The standard InChI is InChI=1S/C23H24F3N3O4S/c1-3-7-19-18(21(22(30)31)29(4-2)27-19)14-15-10-12-16(13-11-15)17-8-5-6-9-20(17)28-34(32,33)23(24,25)26/h5-6,8-13,28H,3-4,7,14H2,1-2H3,(H,30,31). The number of carboxylic acid groups (broad SMARTS) is 1. The molecule has 1 aromatic heterocycles. The predicted octanol–water partition coefficient (Wildman–Crippen LogP) is 5.07. The molecule has 11 heteroatoms. The van der Waals surface area contributed by atoms with Crippen LogP contribution in [-0.4, -0.2) is 34.8 Å². The molecule has 7 nitrogen and oxygen atoms in total. The maximum Gasteiger partial charge on any atom is 0.516 e. The number of hydrogen-bond donors (Lipinski definition) is 2. The van der Waals surface area contributed by atoms with Gasteiger partial charge in [0.25, 0.3) is 0 Å². The van der Waals surface area contributed by atoms with Gasteiger partial charge < -0.3 is 5.11 Å². The van der Waals surface area contributed by atoms with E-state index in [1.807, 2.05) is 13.8 Å². The number of rotatable bonds is 9. The Morgan fingerprint density at radius 2 is 1.74 bits per heavy atom. The van der Waals surface area contributed by atoms with Crippen LogP contribution in [0.5, 0.6) is 0 Å². The Hall–Kier alpha value is -3.34. The Balaban J connectivity index is 1.94. The third kappa shape index (κ3) is 5.24. The average molecular weight is 496 g/mol. The van der Waals surface area contributed by atoms with E-state index >= 15 is 0 Å². The van der Waals surface area contributed by atoms with Gasteiger partial charge in [0.15, 0.2) is 0 Å². The first-order valence-electron chi connectivity index (χ1n) is 10.6. The van der Waals surface area contributed by atoms with Crippen LogP contribution in [0.25, 0.3) is 11.1 Å². The number of anilines is 1. The Kier molecular flexibility index (Phi) is 7.35. The van der Waals surface area contributed by atoms with Crippen LogP contribution >= 0.6 is 0 Å².